The van der Waals surface area contributed by atoms with E-state index >= 15 is 0 Å². The van der Waals surface area contributed by atoms with Crippen molar-refractivity contribution in [3.63, 3.8) is 0 Å². The Hall–Kier alpha value is -2.86. The number of sulfonamides is 1. The Kier molecular flexibility index (Phi) is 7.80. The molecule has 35 heavy (non-hydrogen) atoms. The molecule has 4 rings (SSSR count). The van der Waals surface area contributed by atoms with Crippen molar-refractivity contribution in [1.82, 2.24) is 19.3 Å². The predicted molar refractivity (Wildman–Crippen MR) is 139 cm³/mol. The van der Waals surface area contributed by atoms with Gasteiger partial charge in [0.15, 0.2) is 5.65 Å². The van der Waals surface area contributed by atoms with Gasteiger partial charge in [-0.25, -0.2) is 18.1 Å². The Labute approximate surface area is 216 Å². The third-order valence-corrected chi connectivity index (χ3v) is 7.56. The van der Waals surface area contributed by atoms with Crippen molar-refractivity contribution in [2.24, 2.45) is 0 Å². The van der Waals surface area contributed by atoms with E-state index in [4.69, 9.17) is 21.1 Å². The molecule has 0 radical (unpaired) electrons. The molecule has 0 aliphatic heterocycles. The summed E-state index contributed by atoms with van der Waals surface area (Å²) >= 11 is 9.86. The lowest BCUT2D eigenvalue weighted by Crippen LogP contribution is -2.26. The smallest absolute Gasteiger partial charge is 0.244 e. The zero-order chi connectivity index (χ0) is 25.0. The second-order valence-electron chi connectivity index (χ2n) is 7.43. The number of ether oxygens (including phenoxy) is 2. The van der Waals surface area contributed by atoms with E-state index in [1.807, 2.05) is 30.3 Å². The number of aromatic nitrogens is 3. The van der Waals surface area contributed by atoms with Gasteiger partial charge in [0, 0.05) is 35.8 Å². The van der Waals surface area contributed by atoms with Crippen molar-refractivity contribution in [3.05, 3.63) is 64.2 Å². The van der Waals surface area contributed by atoms with Crippen LogP contribution in [0.5, 0.6) is 11.5 Å². The topological polar surface area (TPSA) is 107 Å². The van der Waals surface area contributed by atoms with Crippen molar-refractivity contribution in [2.75, 3.05) is 32.6 Å². The minimum Gasteiger partial charge on any atom is -0.497 e. The lowest BCUT2D eigenvalue weighted by molar-refractivity contribution is 0.392. The second-order valence-corrected chi connectivity index (χ2v) is 10.4. The summed E-state index contributed by atoms with van der Waals surface area (Å²) in [6.45, 7) is 0.695. The first-order valence-corrected chi connectivity index (χ1v) is 13.2. The Morgan fingerprint density at radius 2 is 1.89 bits per heavy atom. The highest BCUT2D eigenvalue weighted by Gasteiger charge is 2.20. The number of hydrogen-bond donors (Lipinski definition) is 2. The molecule has 0 saturated heterocycles. The van der Waals surface area contributed by atoms with Gasteiger partial charge in [-0.1, -0.05) is 29.8 Å². The number of hydrogen-bond acceptors (Lipinski definition) is 7. The summed E-state index contributed by atoms with van der Waals surface area (Å²) in [6, 6.07) is 14.0. The van der Waals surface area contributed by atoms with Gasteiger partial charge in [-0.2, -0.15) is 9.61 Å². The van der Waals surface area contributed by atoms with Crippen molar-refractivity contribution in [1.29, 1.82) is 0 Å². The maximum absolute atomic E-state index is 12.8. The average molecular weight is 581 g/mol. The Bertz CT molecular complexity index is 1460. The highest BCUT2D eigenvalue weighted by molar-refractivity contribution is 9.10. The minimum absolute atomic E-state index is 0.0222. The van der Waals surface area contributed by atoms with Gasteiger partial charge >= 0.3 is 0 Å². The van der Waals surface area contributed by atoms with E-state index < -0.39 is 10.0 Å². The molecule has 0 atom stereocenters. The molecule has 2 aromatic carbocycles. The molecule has 0 aliphatic rings. The van der Waals surface area contributed by atoms with E-state index in [1.165, 1.54) is 20.3 Å². The third-order valence-electron chi connectivity index (χ3n) is 5.19. The Morgan fingerprint density at radius 1 is 1.09 bits per heavy atom. The van der Waals surface area contributed by atoms with E-state index in [9.17, 15) is 8.42 Å². The molecule has 4 aromatic rings. The van der Waals surface area contributed by atoms with Crippen LogP contribution in [0.3, 0.4) is 0 Å². The van der Waals surface area contributed by atoms with E-state index in [-0.39, 0.29) is 17.2 Å². The molecule has 0 aliphatic carbocycles. The summed E-state index contributed by atoms with van der Waals surface area (Å²) < 4.78 is 41.0. The highest BCUT2D eigenvalue weighted by atomic mass is 79.9. The zero-order valence-corrected chi connectivity index (χ0v) is 22.1. The van der Waals surface area contributed by atoms with Gasteiger partial charge in [-0.05, 0) is 40.5 Å². The normalized spacial score (nSPS) is 11.5. The lowest BCUT2D eigenvalue weighted by Gasteiger charge is -2.13. The molecule has 9 nitrogen and oxygen atoms in total. The molecule has 0 amide bonds. The van der Waals surface area contributed by atoms with Gasteiger partial charge in [0.05, 0.1) is 30.6 Å². The minimum atomic E-state index is -3.79. The Morgan fingerprint density at radius 3 is 2.63 bits per heavy atom. The number of fused-ring (bicyclic) bond motifs is 1. The fourth-order valence-electron chi connectivity index (χ4n) is 3.45. The summed E-state index contributed by atoms with van der Waals surface area (Å²) in [7, 11) is -0.895. The first-order valence-electron chi connectivity index (χ1n) is 10.6. The van der Waals surface area contributed by atoms with E-state index in [2.05, 4.69) is 36.1 Å². The van der Waals surface area contributed by atoms with Crippen LogP contribution in [0, 0.1) is 0 Å². The lowest BCUT2D eigenvalue weighted by atomic mass is 10.1. The molecular formula is C23H23BrClN5O4S. The van der Waals surface area contributed by atoms with Crippen LogP contribution in [0.15, 0.2) is 64.1 Å². The molecular weight excluding hydrogens is 558 g/mol. The van der Waals surface area contributed by atoms with Crippen LogP contribution in [0.1, 0.15) is 6.42 Å². The van der Waals surface area contributed by atoms with E-state index in [0.29, 0.717) is 40.9 Å². The van der Waals surface area contributed by atoms with Crippen molar-refractivity contribution < 1.29 is 17.9 Å². The van der Waals surface area contributed by atoms with Gasteiger partial charge in [0.1, 0.15) is 22.2 Å². The monoisotopic (exact) mass is 579 g/mol. The summed E-state index contributed by atoms with van der Waals surface area (Å²) in [6.07, 6.45) is 2.18. The molecule has 184 valence electrons. The van der Waals surface area contributed by atoms with Crippen LogP contribution < -0.4 is 19.5 Å². The fraction of sp³-hybridized carbons (Fsp3) is 0.217. The standard InChI is InChI=1S/C23H23BrClN5O4S/c1-33-15-8-9-20(34-2)21(12-15)35(31,32)28-11-5-10-26-22-13-19(16-6-3-4-7-18(16)25)29-23-17(24)14-27-30(22)23/h3-4,6-9,12-14,26,28H,5,10-11H2,1-2H3. The zero-order valence-electron chi connectivity index (χ0n) is 19.0. The molecule has 2 heterocycles. The van der Waals surface area contributed by atoms with E-state index in [0.717, 1.165) is 10.0 Å². The van der Waals surface area contributed by atoms with Crippen LogP contribution in [0.4, 0.5) is 5.82 Å². The second kappa shape index (κ2) is 10.8. The molecule has 2 N–H and O–H groups in total. The van der Waals surface area contributed by atoms with Crippen LogP contribution in [-0.4, -0.2) is 50.3 Å². The van der Waals surface area contributed by atoms with Crippen molar-refractivity contribution in [2.45, 2.75) is 11.3 Å². The summed E-state index contributed by atoms with van der Waals surface area (Å²) in [5.41, 5.74) is 2.13. The maximum atomic E-state index is 12.8. The van der Waals surface area contributed by atoms with Crippen LogP contribution >= 0.6 is 27.5 Å². The molecule has 0 unspecified atom stereocenters. The number of nitrogens with one attached hydrogen (secondary N) is 2. The fourth-order valence-corrected chi connectivity index (χ4v) is 5.29. The number of benzene rings is 2. The summed E-state index contributed by atoms with van der Waals surface area (Å²) in [5, 5.41) is 8.27. The van der Waals surface area contributed by atoms with Crippen LogP contribution in [0.2, 0.25) is 5.02 Å². The maximum Gasteiger partial charge on any atom is 0.244 e. The van der Waals surface area contributed by atoms with Gasteiger partial charge in [-0.3, -0.25) is 0 Å². The van der Waals surface area contributed by atoms with Gasteiger partial charge in [-0.15, -0.1) is 0 Å². The molecule has 0 bridgehead atoms. The van der Waals surface area contributed by atoms with E-state index in [1.54, 1.807) is 22.8 Å². The highest BCUT2D eigenvalue weighted by Crippen LogP contribution is 2.30. The molecule has 0 saturated carbocycles. The Balaban J connectivity index is 1.46. The quantitative estimate of drug-likeness (QED) is 0.264. The number of methoxy groups -OCH3 is 2. The van der Waals surface area contributed by atoms with Gasteiger partial charge in [0.2, 0.25) is 10.0 Å². The first-order chi connectivity index (χ1) is 16.8. The van der Waals surface area contributed by atoms with Gasteiger partial charge in [0.25, 0.3) is 0 Å². The number of nitrogens with zero attached hydrogens (tertiary/aromatic N) is 3. The SMILES string of the molecule is COc1ccc(OC)c(S(=O)(=O)NCCCNc2cc(-c3ccccc3Cl)nc3c(Br)cnn23)c1. The van der Waals surface area contributed by atoms with Crippen molar-refractivity contribution in [3.8, 4) is 22.8 Å². The van der Waals surface area contributed by atoms with Gasteiger partial charge < -0.3 is 14.8 Å². The average Bonchev–Trinajstić information content (AvgIpc) is 3.24. The molecule has 0 spiro atoms. The predicted octanol–water partition coefficient (Wildman–Crippen LogP) is 4.61. The molecule has 2 aromatic heterocycles. The largest absolute Gasteiger partial charge is 0.497 e. The summed E-state index contributed by atoms with van der Waals surface area (Å²) in [5.74, 6) is 1.37. The van der Waals surface area contributed by atoms with Crippen LogP contribution in [-0.2, 0) is 10.0 Å². The summed E-state index contributed by atoms with van der Waals surface area (Å²) in [4.78, 5) is 4.70. The number of rotatable bonds is 10. The van der Waals surface area contributed by atoms with Crippen LogP contribution in [0.25, 0.3) is 16.9 Å². The number of halogens is 2. The molecule has 0 fully saturated rings. The number of anilines is 1. The first kappa shape index (κ1) is 25.2. The van der Waals surface area contributed by atoms with Crippen molar-refractivity contribution >= 4 is 49.0 Å². The molecule has 12 heteroatoms. The third kappa shape index (κ3) is 5.53.